The van der Waals surface area contributed by atoms with Crippen molar-refractivity contribution >= 4 is 17.2 Å². The number of thiophene rings is 1. The standard InChI is InChI=1S/C32H39N3O4S/c1-18-16-19(2)33-30(36)24(18)17-35-14-13-23-26(31(35)37)20(3)28-29(27(23)25-8-7-15-40-25)39-32(4,38-28)21-9-11-22(12-10-21)34(5)6/h7-8,15-16,21-22H,9-14,17H2,1-6H3,(H,33,36)/t21?,22?,32-/m1/s1. The molecule has 3 aromatic rings. The number of hydrogen-bond donors (Lipinski definition) is 1. The molecule has 1 aliphatic carbocycles. The van der Waals surface area contributed by atoms with Crippen LogP contribution in [0.3, 0.4) is 0 Å². The fraction of sp³-hybridized carbons (Fsp3) is 0.500. The predicted molar refractivity (Wildman–Crippen MR) is 159 cm³/mol. The molecule has 8 heteroatoms. The minimum absolute atomic E-state index is 0.0533. The Kier molecular flexibility index (Phi) is 6.82. The second kappa shape index (κ2) is 10.1. The summed E-state index contributed by atoms with van der Waals surface area (Å²) in [7, 11) is 4.31. The van der Waals surface area contributed by atoms with E-state index in [2.05, 4.69) is 42.3 Å². The largest absolute Gasteiger partial charge is 0.448 e. The number of benzene rings is 1. The van der Waals surface area contributed by atoms with Crippen molar-refractivity contribution in [3.05, 3.63) is 67.4 Å². The minimum atomic E-state index is -0.768. The zero-order valence-corrected chi connectivity index (χ0v) is 25.2. The van der Waals surface area contributed by atoms with Crippen LogP contribution in [-0.2, 0) is 13.0 Å². The van der Waals surface area contributed by atoms with Gasteiger partial charge in [0.05, 0.1) is 12.1 Å². The monoisotopic (exact) mass is 561 g/mol. The number of ether oxygens (including phenoxy) is 2. The van der Waals surface area contributed by atoms with Crippen LogP contribution in [0, 0.1) is 26.7 Å². The molecule has 212 valence electrons. The Morgan fingerprint density at radius 1 is 1.07 bits per heavy atom. The molecule has 1 saturated carbocycles. The number of nitrogens with one attached hydrogen (secondary N) is 1. The van der Waals surface area contributed by atoms with Crippen LogP contribution in [0.4, 0.5) is 0 Å². The number of H-pyrrole nitrogens is 1. The predicted octanol–water partition coefficient (Wildman–Crippen LogP) is 5.83. The van der Waals surface area contributed by atoms with Crippen molar-refractivity contribution in [2.24, 2.45) is 5.92 Å². The van der Waals surface area contributed by atoms with Crippen molar-refractivity contribution in [3.8, 4) is 21.9 Å². The van der Waals surface area contributed by atoms with Crippen molar-refractivity contribution in [3.63, 3.8) is 0 Å². The number of fused-ring (bicyclic) bond motifs is 2. The van der Waals surface area contributed by atoms with Gasteiger partial charge < -0.3 is 24.3 Å². The summed E-state index contributed by atoms with van der Waals surface area (Å²) in [5.74, 6) is 0.923. The molecule has 6 rings (SSSR count). The molecule has 3 aliphatic rings. The molecule has 0 unspecified atom stereocenters. The van der Waals surface area contributed by atoms with Crippen LogP contribution in [0.1, 0.15) is 70.9 Å². The zero-order valence-electron chi connectivity index (χ0n) is 24.3. The number of aryl methyl sites for hydroxylation is 2. The Hall–Kier alpha value is -3.10. The Balaban J connectivity index is 1.38. The molecule has 0 spiro atoms. The van der Waals surface area contributed by atoms with Gasteiger partial charge in [-0.1, -0.05) is 6.07 Å². The molecule has 0 bridgehead atoms. The lowest BCUT2D eigenvalue weighted by Crippen LogP contribution is -2.46. The van der Waals surface area contributed by atoms with E-state index in [0.29, 0.717) is 35.9 Å². The van der Waals surface area contributed by atoms with Gasteiger partial charge in [0.15, 0.2) is 11.5 Å². The van der Waals surface area contributed by atoms with E-state index in [1.54, 1.807) is 11.3 Å². The smallest absolute Gasteiger partial charge is 0.254 e. The molecule has 1 aromatic carbocycles. The lowest BCUT2D eigenvalue weighted by Gasteiger charge is -2.39. The van der Waals surface area contributed by atoms with Gasteiger partial charge in [-0.3, -0.25) is 9.59 Å². The molecule has 4 heterocycles. The van der Waals surface area contributed by atoms with Crippen LogP contribution in [0.5, 0.6) is 11.5 Å². The maximum absolute atomic E-state index is 14.1. The van der Waals surface area contributed by atoms with Crippen LogP contribution in [0.25, 0.3) is 10.4 Å². The van der Waals surface area contributed by atoms with Crippen molar-refractivity contribution in [1.29, 1.82) is 0 Å². The maximum Gasteiger partial charge on any atom is 0.254 e. The van der Waals surface area contributed by atoms with E-state index in [1.165, 1.54) is 0 Å². The second-order valence-electron chi connectivity index (χ2n) is 12.1. The first kappa shape index (κ1) is 27.1. The van der Waals surface area contributed by atoms with Crippen LogP contribution in [-0.4, -0.2) is 53.2 Å². The van der Waals surface area contributed by atoms with E-state index >= 15 is 0 Å². The first-order valence-electron chi connectivity index (χ1n) is 14.3. The number of aromatic amines is 1. The van der Waals surface area contributed by atoms with Crippen molar-refractivity contribution in [2.45, 2.75) is 78.2 Å². The molecule has 1 fully saturated rings. The summed E-state index contributed by atoms with van der Waals surface area (Å²) in [6.07, 6.45) is 5.01. The quantitative estimate of drug-likeness (QED) is 0.424. The molecular weight excluding hydrogens is 522 g/mol. The number of pyridine rings is 1. The van der Waals surface area contributed by atoms with Crippen LogP contribution < -0.4 is 15.0 Å². The summed E-state index contributed by atoms with van der Waals surface area (Å²) < 4.78 is 13.6. The van der Waals surface area contributed by atoms with Crippen molar-refractivity contribution in [2.75, 3.05) is 20.6 Å². The average Bonchev–Trinajstić information content (AvgIpc) is 3.56. The lowest BCUT2D eigenvalue weighted by atomic mass is 9.81. The van der Waals surface area contributed by atoms with Gasteiger partial charge in [-0.15, -0.1) is 11.3 Å². The topological polar surface area (TPSA) is 74.9 Å². The summed E-state index contributed by atoms with van der Waals surface area (Å²) in [6.45, 7) is 8.70. The van der Waals surface area contributed by atoms with Gasteiger partial charge in [-0.25, -0.2) is 0 Å². The van der Waals surface area contributed by atoms with Gasteiger partial charge in [0, 0.05) is 52.7 Å². The summed E-state index contributed by atoms with van der Waals surface area (Å²) in [5, 5.41) is 2.06. The highest BCUT2D eigenvalue weighted by atomic mass is 32.1. The summed E-state index contributed by atoms with van der Waals surface area (Å²) >= 11 is 1.66. The number of amides is 1. The molecule has 2 aliphatic heterocycles. The third-order valence-corrected chi connectivity index (χ3v) is 10.2. The van der Waals surface area contributed by atoms with E-state index in [1.807, 2.05) is 37.8 Å². The number of rotatable bonds is 5. The normalized spacial score (nSPS) is 24.1. The van der Waals surface area contributed by atoms with Crippen molar-refractivity contribution < 1.29 is 14.3 Å². The van der Waals surface area contributed by atoms with Gasteiger partial charge in [-0.2, -0.15) is 0 Å². The number of hydrogen-bond acceptors (Lipinski definition) is 6. The number of carbonyl (C=O) groups excluding carboxylic acids is 1. The van der Waals surface area contributed by atoms with Crippen LogP contribution in [0.2, 0.25) is 0 Å². The third kappa shape index (κ3) is 4.45. The molecule has 1 atom stereocenters. The highest BCUT2D eigenvalue weighted by molar-refractivity contribution is 7.13. The van der Waals surface area contributed by atoms with Gasteiger partial charge in [0.25, 0.3) is 17.3 Å². The van der Waals surface area contributed by atoms with E-state index < -0.39 is 5.79 Å². The molecule has 40 heavy (non-hydrogen) atoms. The highest BCUT2D eigenvalue weighted by Crippen LogP contribution is 2.55. The summed E-state index contributed by atoms with van der Waals surface area (Å²) in [4.78, 5) is 35.0. The maximum atomic E-state index is 14.1. The number of nitrogens with zero attached hydrogens (tertiary/aromatic N) is 2. The van der Waals surface area contributed by atoms with Crippen LogP contribution >= 0.6 is 11.3 Å². The SMILES string of the molecule is Cc1cc(C)c(CN2CCc3c(c(C)c4c(c3-c3cccs3)O[C@](C)(C3CCC(N(C)C)CC3)O4)C2=O)c(=O)[nH]1. The fourth-order valence-corrected chi connectivity index (χ4v) is 7.76. The minimum Gasteiger partial charge on any atom is -0.448 e. The molecule has 1 N–H and O–H groups in total. The molecule has 0 radical (unpaired) electrons. The first-order chi connectivity index (χ1) is 19.1. The molecule has 0 saturated heterocycles. The number of carbonyl (C=O) groups is 1. The molecular formula is C32H39N3O4S. The molecule has 1 amide bonds. The van der Waals surface area contributed by atoms with Gasteiger partial charge in [-0.05, 0) is 95.6 Å². The second-order valence-corrected chi connectivity index (χ2v) is 13.0. The first-order valence-corrected chi connectivity index (χ1v) is 15.2. The van der Waals surface area contributed by atoms with E-state index in [4.69, 9.17) is 9.47 Å². The van der Waals surface area contributed by atoms with E-state index in [-0.39, 0.29) is 23.9 Å². The lowest BCUT2D eigenvalue weighted by molar-refractivity contribution is -0.123. The van der Waals surface area contributed by atoms with Gasteiger partial charge in [0.2, 0.25) is 0 Å². The van der Waals surface area contributed by atoms with E-state index in [0.717, 1.165) is 64.3 Å². The fourth-order valence-electron chi connectivity index (χ4n) is 6.96. The van der Waals surface area contributed by atoms with E-state index in [9.17, 15) is 9.59 Å². The Morgan fingerprint density at radius 3 is 2.45 bits per heavy atom. The van der Waals surface area contributed by atoms with Gasteiger partial charge >= 0.3 is 0 Å². The Bertz CT molecular complexity index is 1520. The molecule has 7 nitrogen and oxygen atoms in total. The van der Waals surface area contributed by atoms with Gasteiger partial charge in [0.1, 0.15) is 0 Å². The zero-order chi connectivity index (χ0) is 28.3. The third-order valence-electron chi connectivity index (χ3n) is 9.27. The van der Waals surface area contributed by atoms with Crippen molar-refractivity contribution in [1.82, 2.24) is 14.8 Å². The van der Waals surface area contributed by atoms with Crippen LogP contribution in [0.15, 0.2) is 28.4 Å². The highest BCUT2D eigenvalue weighted by Gasteiger charge is 2.49. The Morgan fingerprint density at radius 2 is 1.80 bits per heavy atom. The summed E-state index contributed by atoms with van der Waals surface area (Å²) in [6, 6.07) is 6.69. The summed E-state index contributed by atoms with van der Waals surface area (Å²) in [5.41, 5.74) is 5.79. The Labute approximate surface area is 240 Å². The molecule has 2 aromatic heterocycles. The average molecular weight is 562 g/mol. The number of aromatic nitrogens is 1.